The third kappa shape index (κ3) is 9.63. The predicted molar refractivity (Wildman–Crippen MR) is 161 cm³/mol. The number of hydrogen-bond acceptors (Lipinski definition) is 1. The third-order valence-corrected chi connectivity index (χ3v) is 8.90. The molecule has 2 aromatic rings. The summed E-state index contributed by atoms with van der Waals surface area (Å²) >= 11 is 0. The lowest BCUT2D eigenvalue weighted by molar-refractivity contribution is 0.223. The molecule has 2 aromatic carbocycles. The zero-order valence-electron chi connectivity index (χ0n) is 24.1. The van der Waals surface area contributed by atoms with Gasteiger partial charge in [-0.2, -0.15) is 5.26 Å². The number of benzene rings is 2. The maximum absolute atomic E-state index is 10.2. The summed E-state index contributed by atoms with van der Waals surface area (Å²) in [6.07, 6.45) is 24.2. The monoisotopic (exact) mass is 499 g/mol. The maximum atomic E-state index is 10.2. The van der Waals surface area contributed by atoms with E-state index in [1.54, 1.807) is 0 Å². The summed E-state index contributed by atoms with van der Waals surface area (Å²) in [4.78, 5) is 0. The number of nitrogens with zero attached hydrogens (tertiary/aromatic N) is 1. The smallest absolute Gasteiger partial charge is 0.0689 e. The van der Waals surface area contributed by atoms with Gasteiger partial charge in [-0.1, -0.05) is 139 Å². The minimum Gasteiger partial charge on any atom is -0.198 e. The number of unbranched alkanes of at least 4 members (excludes halogenated alkanes) is 11. The first-order valence-corrected chi connectivity index (χ1v) is 15.8. The van der Waals surface area contributed by atoms with Gasteiger partial charge < -0.3 is 0 Å². The van der Waals surface area contributed by atoms with E-state index in [2.05, 4.69) is 68.4 Å². The van der Waals surface area contributed by atoms with Crippen molar-refractivity contribution in [3.63, 3.8) is 0 Å². The van der Waals surface area contributed by atoms with Crippen molar-refractivity contribution in [3.05, 3.63) is 59.7 Å². The summed E-state index contributed by atoms with van der Waals surface area (Å²) in [6, 6.07) is 21.1. The van der Waals surface area contributed by atoms with Crippen LogP contribution in [-0.4, -0.2) is 0 Å². The second kappa shape index (κ2) is 16.7. The van der Waals surface area contributed by atoms with Gasteiger partial charge in [-0.3, -0.25) is 0 Å². The number of rotatable bonds is 17. The first-order chi connectivity index (χ1) is 18.2. The largest absolute Gasteiger partial charge is 0.198 e. The van der Waals surface area contributed by atoms with E-state index in [9.17, 15) is 5.26 Å². The fraction of sp³-hybridized carbons (Fsp3) is 0.639. The lowest BCUT2D eigenvalue weighted by atomic mass is 9.66. The highest BCUT2D eigenvalue weighted by Gasteiger charge is 2.36. The van der Waals surface area contributed by atoms with Gasteiger partial charge in [0.15, 0.2) is 0 Å². The minimum atomic E-state index is -0.0798. The van der Waals surface area contributed by atoms with Crippen molar-refractivity contribution in [2.24, 2.45) is 5.41 Å². The van der Waals surface area contributed by atoms with Gasteiger partial charge in [-0.05, 0) is 73.1 Å². The van der Waals surface area contributed by atoms with E-state index < -0.39 is 0 Å². The standard InChI is InChI=1S/C36H53N/c1-3-5-7-9-11-12-15-19-31-22-23-34(32-20-16-14-17-21-32)35(29-31)33-24-27-36(30-37,28-25-33)26-18-13-10-8-6-4-2/h14,16-17,20-23,29,33H,3-13,15,18-19,24-28H2,1-2H3. The third-order valence-electron chi connectivity index (χ3n) is 8.90. The van der Waals surface area contributed by atoms with E-state index in [0.717, 1.165) is 32.1 Å². The van der Waals surface area contributed by atoms with Gasteiger partial charge in [-0.15, -0.1) is 0 Å². The van der Waals surface area contributed by atoms with E-state index >= 15 is 0 Å². The Kier molecular flexibility index (Phi) is 13.3. The van der Waals surface area contributed by atoms with Crippen LogP contribution in [0.25, 0.3) is 11.1 Å². The molecular formula is C36H53N. The molecule has 0 atom stereocenters. The van der Waals surface area contributed by atoms with Gasteiger partial charge in [0.05, 0.1) is 11.5 Å². The summed E-state index contributed by atoms with van der Waals surface area (Å²) in [5, 5.41) is 10.2. The summed E-state index contributed by atoms with van der Waals surface area (Å²) in [6.45, 7) is 4.57. The molecule has 3 rings (SSSR count). The molecule has 0 amide bonds. The molecule has 1 aliphatic rings. The SMILES string of the molecule is CCCCCCCCCc1ccc(-c2ccccc2)c(C2CCC(C#N)(CCCCCCCC)CC2)c1. The van der Waals surface area contributed by atoms with Crippen LogP contribution in [0, 0.1) is 16.7 Å². The fourth-order valence-electron chi connectivity index (χ4n) is 6.42. The van der Waals surface area contributed by atoms with Crippen LogP contribution in [0.4, 0.5) is 0 Å². The van der Waals surface area contributed by atoms with Gasteiger partial charge >= 0.3 is 0 Å². The number of nitriles is 1. The molecule has 37 heavy (non-hydrogen) atoms. The average molecular weight is 500 g/mol. The van der Waals surface area contributed by atoms with Crippen LogP contribution in [0.2, 0.25) is 0 Å². The van der Waals surface area contributed by atoms with Crippen molar-refractivity contribution in [1.82, 2.24) is 0 Å². The van der Waals surface area contributed by atoms with Crippen molar-refractivity contribution < 1.29 is 0 Å². The zero-order valence-corrected chi connectivity index (χ0v) is 24.1. The van der Waals surface area contributed by atoms with Crippen LogP contribution in [0.5, 0.6) is 0 Å². The van der Waals surface area contributed by atoms with Crippen molar-refractivity contribution >= 4 is 0 Å². The quantitative estimate of drug-likeness (QED) is 0.198. The molecule has 0 aromatic heterocycles. The fourth-order valence-corrected chi connectivity index (χ4v) is 6.42. The van der Waals surface area contributed by atoms with Gasteiger partial charge in [0, 0.05) is 0 Å². The molecule has 0 bridgehead atoms. The minimum absolute atomic E-state index is 0.0798. The van der Waals surface area contributed by atoms with Crippen LogP contribution in [0.1, 0.15) is 146 Å². The molecule has 1 saturated carbocycles. The summed E-state index contributed by atoms with van der Waals surface area (Å²) in [5.74, 6) is 0.579. The molecule has 0 radical (unpaired) electrons. The Morgan fingerprint density at radius 2 is 1.32 bits per heavy atom. The molecule has 1 fully saturated rings. The van der Waals surface area contributed by atoms with Crippen molar-refractivity contribution in [2.75, 3.05) is 0 Å². The molecule has 0 N–H and O–H groups in total. The normalized spacial score (nSPS) is 19.5. The summed E-state index contributed by atoms with van der Waals surface area (Å²) < 4.78 is 0. The molecule has 202 valence electrons. The van der Waals surface area contributed by atoms with E-state index in [0.29, 0.717) is 5.92 Å². The molecule has 1 aliphatic carbocycles. The first-order valence-electron chi connectivity index (χ1n) is 15.8. The van der Waals surface area contributed by atoms with Crippen molar-refractivity contribution in [2.45, 2.75) is 142 Å². The Morgan fingerprint density at radius 3 is 1.95 bits per heavy atom. The van der Waals surface area contributed by atoms with Gasteiger partial charge in [-0.25, -0.2) is 0 Å². The lowest BCUT2D eigenvalue weighted by Crippen LogP contribution is -2.25. The van der Waals surface area contributed by atoms with Crippen LogP contribution in [-0.2, 0) is 6.42 Å². The molecule has 1 heteroatoms. The Bertz CT molecular complexity index is 913. The Morgan fingerprint density at radius 1 is 0.730 bits per heavy atom. The lowest BCUT2D eigenvalue weighted by Gasteiger charge is -2.36. The molecule has 1 nitrogen and oxygen atoms in total. The molecule has 0 heterocycles. The first kappa shape index (κ1) is 29.5. The van der Waals surface area contributed by atoms with E-state index in [-0.39, 0.29) is 5.41 Å². The molecule has 0 spiro atoms. The molecular weight excluding hydrogens is 446 g/mol. The van der Waals surface area contributed by atoms with Gasteiger partial charge in [0.2, 0.25) is 0 Å². The second-order valence-electron chi connectivity index (χ2n) is 11.8. The Labute approximate surface area is 229 Å². The number of hydrogen-bond donors (Lipinski definition) is 0. The Hall–Kier alpha value is -2.07. The van der Waals surface area contributed by atoms with Gasteiger partial charge in [0.25, 0.3) is 0 Å². The van der Waals surface area contributed by atoms with Gasteiger partial charge in [0.1, 0.15) is 0 Å². The molecule has 0 saturated heterocycles. The predicted octanol–water partition coefficient (Wildman–Crippen LogP) is 11.6. The zero-order chi connectivity index (χ0) is 26.2. The highest BCUT2D eigenvalue weighted by Crippen LogP contribution is 2.47. The second-order valence-corrected chi connectivity index (χ2v) is 11.8. The summed E-state index contributed by atoms with van der Waals surface area (Å²) in [5.41, 5.74) is 5.72. The van der Waals surface area contributed by atoms with Crippen molar-refractivity contribution in [3.8, 4) is 17.2 Å². The number of aryl methyl sites for hydroxylation is 1. The Balaban J connectivity index is 1.62. The summed E-state index contributed by atoms with van der Waals surface area (Å²) in [7, 11) is 0. The van der Waals surface area contributed by atoms with Crippen LogP contribution in [0.15, 0.2) is 48.5 Å². The maximum Gasteiger partial charge on any atom is 0.0689 e. The average Bonchev–Trinajstić information content (AvgIpc) is 2.95. The van der Waals surface area contributed by atoms with Crippen molar-refractivity contribution in [1.29, 1.82) is 5.26 Å². The van der Waals surface area contributed by atoms with Crippen LogP contribution < -0.4 is 0 Å². The molecule has 0 unspecified atom stereocenters. The van der Waals surface area contributed by atoms with Crippen LogP contribution >= 0.6 is 0 Å². The highest BCUT2D eigenvalue weighted by atomic mass is 14.4. The molecule has 0 aliphatic heterocycles. The van der Waals surface area contributed by atoms with E-state index in [4.69, 9.17) is 0 Å². The van der Waals surface area contributed by atoms with E-state index in [1.807, 2.05) is 0 Å². The topological polar surface area (TPSA) is 23.8 Å². The van der Waals surface area contributed by atoms with Crippen LogP contribution in [0.3, 0.4) is 0 Å². The highest BCUT2D eigenvalue weighted by molar-refractivity contribution is 5.68. The van der Waals surface area contributed by atoms with E-state index in [1.165, 1.54) is 112 Å².